The number of piperidine rings is 1. The molecule has 1 aromatic heterocycles. The number of nitrogens with zero attached hydrogens (tertiary/aromatic N) is 2. The van der Waals surface area contributed by atoms with Crippen molar-refractivity contribution in [2.24, 2.45) is 5.92 Å². The average molecular weight is 610 g/mol. The molecule has 0 spiro atoms. The first-order valence-electron chi connectivity index (χ1n) is 12.9. The van der Waals surface area contributed by atoms with Gasteiger partial charge < -0.3 is 15.5 Å². The molecule has 2 atom stereocenters. The zero-order valence-electron chi connectivity index (χ0n) is 21.8. The largest absolute Gasteiger partial charge is 0.433 e. The highest BCUT2D eigenvalue weighted by molar-refractivity contribution is 7.92. The van der Waals surface area contributed by atoms with Gasteiger partial charge in [-0.05, 0) is 61.7 Å². The molecule has 218 valence electrons. The molecule has 0 bridgehead atoms. The van der Waals surface area contributed by atoms with Crippen molar-refractivity contribution in [1.29, 1.82) is 0 Å². The number of hydrogen-bond acceptors (Lipinski definition) is 6. The fraction of sp³-hybridized carbons (Fsp3) is 0.370. The van der Waals surface area contributed by atoms with E-state index in [1.165, 1.54) is 42.5 Å². The molecular formula is C27H27ClF3N5O4S. The minimum atomic E-state index is -4.68. The van der Waals surface area contributed by atoms with Crippen LogP contribution in [0.25, 0.3) is 10.9 Å². The predicted molar refractivity (Wildman–Crippen MR) is 149 cm³/mol. The summed E-state index contributed by atoms with van der Waals surface area (Å²) < 4.78 is 66.5. The normalized spacial score (nSPS) is 19.6. The molecule has 14 heteroatoms. The number of benzene rings is 2. The number of nitrogens with one attached hydrogen (secondary N) is 3. The van der Waals surface area contributed by atoms with E-state index in [1.54, 1.807) is 4.90 Å². The third-order valence-electron chi connectivity index (χ3n) is 6.87. The third kappa shape index (κ3) is 7.20. The Morgan fingerprint density at radius 2 is 1.78 bits per heavy atom. The molecule has 2 heterocycles. The molecule has 3 aromatic rings. The highest BCUT2D eigenvalue weighted by Crippen LogP contribution is 2.36. The first kappa shape index (κ1) is 28.9. The number of amides is 2. The first-order chi connectivity index (χ1) is 19.2. The van der Waals surface area contributed by atoms with Crippen molar-refractivity contribution in [3.05, 3.63) is 64.8 Å². The molecular weight excluding hydrogens is 583 g/mol. The van der Waals surface area contributed by atoms with E-state index in [0.717, 1.165) is 25.2 Å². The van der Waals surface area contributed by atoms with E-state index in [-0.39, 0.29) is 47.4 Å². The van der Waals surface area contributed by atoms with Crippen molar-refractivity contribution in [1.82, 2.24) is 15.2 Å². The Morgan fingerprint density at radius 1 is 1.05 bits per heavy atom. The second-order valence-corrected chi connectivity index (χ2v) is 12.6. The van der Waals surface area contributed by atoms with Crippen LogP contribution in [0.1, 0.15) is 35.3 Å². The monoisotopic (exact) mass is 609 g/mol. The van der Waals surface area contributed by atoms with E-state index in [2.05, 4.69) is 20.3 Å². The van der Waals surface area contributed by atoms with E-state index >= 15 is 0 Å². The molecule has 0 radical (unpaired) electrons. The van der Waals surface area contributed by atoms with Gasteiger partial charge in [0.05, 0.1) is 11.8 Å². The lowest BCUT2D eigenvalue weighted by Crippen LogP contribution is -2.56. The number of hydrogen-bond donors (Lipinski definition) is 3. The van der Waals surface area contributed by atoms with Crippen LogP contribution in [0.4, 0.5) is 24.5 Å². The fourth-order valence-corrected chi connectivity index (χ4v) is 5.69. The van der Waals surface area contributed by atoms with Crippen LogP contribution < -0.4 is 15.4 Å². The number of rotatable bonds is 7. The number of pyridine rings is 1. The van der Waals surface area contributed by atoms with Gasteiger partial charge in [0.1, 0.15) is 5.69 Å². The van der Waals surface area contributed by atoms with Gasteiger partial charge in [0.15, 0.2) is 0 Å². The van der Waals surface area contributed by atoms with Gasteiger partial charge in [0.2, 0.25) is 15.9 Å². The number of carbonyl (C=O) groups is 2. The van der Waals surface area contributed by atoms with E-state index in [0.29, 0.717) is 16.8 Å². The summed E-state index contributed by atoms with van der Waals surface area (Å²) in [6, 6.07) is 10.3. The van der Waals surface area contributed by atoms with Gasteiger partial charge in [-0.1, -0.05) is 17.7 Å². The van der Waals surface area contributed by atoms with Crippen LogP contribution in [0, 0.1) is 5.92 Å². The number of halogens is 4. The highest BCUT2D eigenvalue weighted by atomic mass is 35.5. The molecule has 1 aliphatic carbocycles. The molecule has 1 unspecified atom stereocenters. The van der Waals surface area contributed by atoms with Crippen molar-refractivity contribution >= 4 is 55.7 Å². The standard InChI is InChI=1S/C27H27ClF3N5O4S/c1-41(39,40)35-18-4-2-3-16(9-18)25(37)33-20-11-19(13-36(14-20)26(38)15-5-6-15)32-23-12-24(27(29,30)31)34-22-8-7-17(28)10-21(22)23/h2-4,7-10,12,15,19-20,35H,5-6,11,13-14H2,1H3,(H,32,34)(H,33,37)/t19?,20-/m0/s1. The molecule has 1 saturated carbocycles. The van der Waals surface area contributed by atoms with Crippen molar-refractivity contribution in [2.75, 3.05) is 29.4 Å². The summed E-state index contributed by atoms with van der Waals surface area (Å²) in [5.74, 6) is -0.637. The molecule has 5 rings (SSSR count). The maximum Gasteiger partial charge on any atom is 0.433 e. The third-order valence-corrected chi connectivity index (χ3v) is 7.71. The van der Waals surface area contributed by atoms with Gasteiger partial charge in [-0.3, -0.25) is 14.3 Å². The summed E-state index contributed by atoms with van der Waals surface area (Å²) in [5, 5.41) is 6.79. The Hall–Kier alpha value is -3.58. The smallest absolute Gasteiger partial charge is 0.380 e. The van der Waals surface area contributed by atoms with Crippen LogP contribution in [0.5, 0.6) is 0 Å². The Kier molecular flexibility index (Phi) is 7.77. The maximum absolute atomic E-state index is 13.6. The van der Waals surface area contributed by atoms with Crippen LogP contribution >= 0.6 is 11.6 Å². The molecule has 9 nitrogen and oxygen atoms in total. The summed E-state index contributed by atoms with van der Waals surface area (Å²) in [6.07, 6.45) is -1.83. The summed E-state index contributed by atoms with van der Waals surface area (Å²) in [7, 11) is -3.55. The first-order valence-corrected chi connectivity index (χ1v) is 15.1. The number of sulfonamides is 1. The lowest BCUT2D eigenvalue weighted by molar-refractivity contribution is -0.141. The minimum Gasteiger partial charge on any atom is -0.380 e. The van der Waals surface area contributed by atoms with E-state index < -0.39 is 39.9 Å². The summed E-state index contributed by atoms with van der Waals surface area (Å²) in [6.45, 7) is 0.471. The molecule has 1 saturated heterocycles. The molecule has 2 aromatic carbocycles. The van der Waals surface area contributed by atoms with Crippen molar-refractivity contribution in [3.8, 4) is 0 Å². The average Bonchev–Trinajstić information content (AvgIpc) is 3.72. The van der Waals surface area contributed by atoms with Crippen LogP contribution in [0.3, 0.4) is 0 Å². The van der Waals surface area contributed by atoms with Gasteiger partial charge in [-0.2, -0.15) is 13.2 Å². The Balaban J connectivity index is 1.41. The van der Waals surface area contributed by atoms with Crippen molar-refractivity contribution in [2.45, 2.75) is 37.5 Å². The van der Waals surface area contributed by atoms with Gasteiger partial charge in [0, 0.05) is 58.4 Å². The van der Waals surface area contributed by atoms with Gasteiger partial charge in [0.25, 0.3) is 5.91 Å². The van der Waals surface area contributed by atoms with Crippen LogP contribution in [-0.2, 0) is 21.0 Å². The van der Waals surface area contributed by atoms with Crippen LogP contribution in [-0.4, -0.2) is 61.5 Å². The Bertz CT molecular complexity index is 1610. The summed E-state index contributed by atoms with van der Waals surface area (Å²) in [4.78, 5) is 31.5. The lowest BCUT2D eigenvalue weighted by atomic mass is 9.98. The molecule has 2 aliphatic rings. The van der Waals surface area contributed by atoms with Gasteiger partial charge >= 0.3 is 6.18 Å². The molecule has 1 aliphatic heterocycles. The summed E-state index contributed by atoms with van der Waals surface area (Å²) in [5.41, 5.74) is -0.360. The topological polar surface area (TPSA) is 120 Å². The number of anilines is 2. The zero-order valence-corrected chi connectivity index (χ0v) is 23.4. The molecule has 3 N–H and O–H groups in total. The van der Waals surface area contributed by atoms with Crippen LogP contribution in [0.2, 0.25) is 5.02 Å². The van der Waals surface area contributed by atoms with E-state index in [1.807, 2.05) is 0 Å². The quantitative estimate of drug-likeness (QED) is 0.363. The van der Waals surface area contributed by atoms with Crippen molar-refractivity contribution < 1.29 is 31.2 Å². The molecule has 2 fully saturated rings. The number of carbonyl (C=O) groups excluding carboxylic acids is 2. The molecule has 2 amide bonds. The SMILES string of the molecule is CS(=O)(=O)Nc1cccc(C(=O)N[C@H]2CC(Nc3cc(C(F)(F)F)nc4ccc(Cl)cc34)CN(C(=O)C3CC3)C2)c1. The highest BCUT2D eigenvalue weighted by Gasteiger charge is 2.39. The Morgan fingerprint density at radius 3 is 2.46 bits per heavy atom. The van der Waals surface area contributed by atoms with E-state index in [9.17, 15) is 31.2 Å². The van der Waals surface area contributed by atoms with Crippen LogP contribution in [0.15, 0.2) is 48.5 Å². The Labute approximate surface area is 239 Å². The second-order valence-electron chi connectivity index (χ2n) is 10.4. The number of fused-ring (bicyclic) bond motifs is 1. The van der Waals surface area contributed by atoms with E-state index in [4.69, 9.17) is 11.6 Å². The number of aromatic nitrogens is 1. The lowest BCUT2D eigenvalue weighted by Gasteiger charge is -2.39. The minimum absolute atomic E-state index is 0.0614. The second kappa shape index (κ2) is 11.0. The van der Waals surface area contributed by atoms with Crippen molar-refractivity contribution in [3.63, 3.8) is 0 Å². The fourth-order valence-electron chi connectivity index (χ4n) is 4.97. The maximum atomic E-state index is 13.6. The summed E-state index contributed by atoms with van der Waals surface area (Å²) >= 11 is 6.14. The zero-order chi connectivity index (χ0) is 29.5. The molecule has 41 heavy (non-hydrogen) atoms. The van der Waals surface area contributed by atoms with Gasteiger partial charge in [-0.25, -0.2) is 13.4 Å². The number of alkyl halides is 3. The predicted octanol–water partition coefficient (Wildman–Crippen LogP) is 4.50. The number of likely N-dealkylation sites (tertiary alicyclic amines) is 1. The van der Waals surface area contributed by atoms with Gasteiger partial charge in [-0.15, -0.1) is 0 Å².